The third-order valence-electron chi connectivity index (χ3n) is 8.54. The Morgan fingerprint density at radius 3 is 1.75 bits per heavy atom. The molecule has 0 unspecified atom stereocenters. The minimum atomic E-state index is -0.610. The first-order valence-electron chi connectivity index (χ1n) is 18.3. The molecular weight excluding hydrogens is 769 g/mol. The average Bonchev–Trinajstić information content (AvgIpc) is 3.26. The van der Waals surface area contributed by atoms with Crippen molar-refractivity contribution in [3.05, 3.63) is 109 Å². The van der Waals surface area contributed by atoms with E-state index < -0.39 is 11.8 Å². The van der Waals surface area contributed by atoms with Crippen LogP contribution in [0.2, 0.25) is 0 Å². The quantitative estimate of drug-likeness (QED) is 0.0376. The fourth-order valence-corrected chi connectivity index (χ4v) is 6.02. The molecule has 0 spiro atoms. The molecule has 7 rings (SSSR count). The molecule has 1 aliphatic rings. The lowest BCUT2D eigenvalue weighted by Gasteiger charge is -2.29. The van der Waals surface area contributed by atoms with Crippen molar-refractivity contribution in [2.24, 2.45) is 17.2 Å². The molecule has 1 aliphatic carbocycles. The van der Waals surface area contributed by atoms with E-state index >= 15 is 0 Å². The second-order valence-corrected chi connectivity index (χ2v) is 13.4. The Labute approximate surface area is 345 Å². The predicted molar refractivity (Wildman–Crippen MR) is 230 cm³/mol. The number of carbonyl (C=O) groups excluding carboxylic acids is 3. The van der Waals surface area contributed by atoms with Gasteiger partial charge in [0, 0.05) is 71.8 Å². The number of aromatic nitrogens is 8. The van der Waals surface area contributed by atoms with Crippen molar-refractivity contribution in [1.82, 2.24) is 45.1 Å². The molecule has 1 fully saturated rings. The molecule has 301 valence electrons. The van der Waals surface area contributed by atoms with Crippen LogP contribution in [-0.2, 0) is 4.79 Å². The molecule has 18 nitrogen and oxygen atoms in total. The first-order chi connectivity index (χ1) is 28.7. The maximum atomic E-state index is 11.9. The maximum absolute atomic E-state index is 11.9. The molecule has 20 heteroatoms. The second-order valence-electron chi connectivity index (χ2n) is 12.7. The van der Waals surface area contributed by atoms with Crippen LogP contribution in [0, 0.1) is 0 Å². The van der Waals surface area contributed by atoms with Crippen LogP contribution in [0.25, 0.3) is 22.8 Å². The molecule has 1 radical (unpaired) electrons. The Kier molecular flexibility index (Phi) is 16.2. The molecular formula is C39H43BN15O3S. The van der Waals surface area contributed by atoms with Gasteiger partial charge in [-0.1, -0.05) is 48.9 Å². The number of carbonyl (C=O) groups is 3. The molecule has 4 heterocycles. The lowest BCUT2D eigenvalue weighted by atomic mass is 9.91. The first kappa shape index (κ1) is 43.2. The smallest absolute Gasteiger partial charge is 0.290 e. The van der Waals surface area contributed by atoms with Crippen molar-refractivity contribution in [2.45, 2.75) is 42.9 Å². The fraction of sp³-hybridized carbons (Fsp3) is 0.205. The Hall–Kier alpha value is -6.90. The third-order valence-corrected chi connectivity index (χ3v) is 9.10. The zero-order valence-electron chi connectivity index (χ0n) is 32.3. The molecule has 2 amide bonds. The van der Waals surface area contributed by atoms with Crippen LogP contribution >= 0.6 is 11.8 Å². The highest BCUT2D eigenvalue weighted by molar-refractivity contribution is 7.98. The van der Waals surface area contributed by atoms with E-state index in [4.69, 9.17) is 17.2 Å². The largest absolute Gasteiger partial charge is 0.365 e. The number of thioether (sulfide) groups is 1. The fourth-order valence-electron chi connectivity index (χ4n) is 5.68. The number of nitrogens with two attached hydrogens (primary N) is 3. The van der Waals surface area contributed by atoms with Gasteiger partial charge in [0.25, 0.3) is 19.2 Å². The maximum Gasteiger partial charge on any atom is 0.290 e. The number of hydrogen-bond acceptors (Lipinski definition) is 17. The minimum absolute atomic E-state index is 0.0529. The molecule has 2 atom stereocenters. The molecule has 59 heavy (non-hydrogen) atoms. The summed E-state index contributed by atoms with van der Waals surface area (Å²) in [6.07, 6.45) is 16.3. The van der Waals surface area contributed by atoms with Crippen LogP contribution in [0.5, 0.6) is 0 Å². The Morgan fingerprint density at radius 2 is 1.27 bits per heavy atom. The number of primary amides is 2. The molecule has 10 N–H and O–H groups in total. The van der Waals surface area contributed by atoms with Crippen molar-refractivity contribution < 1.29 is 14.4 Å². The minimum Gasteiger partial charge on any atom is -0.365 e. The topological polar surface area (TPSA) is 281 Å². The molecule has 0 bridgehead atoms. The molecule has 0 saturated heterocycles. The highest BCUT2D eigenvalue weighted by Crippen LogP contribution is 2.27. The zero-order chi connectivity index (χ0) is 42.0. The van der Waals surface area contributed by atoms with E-state index in [1.54, 1.807) is 44.0 Å². The van der Waals surface area contributed by atoms with E-state index in [9.17, 15) is 14.4 Å². The van der Waals surface area contributed by atoms with Crippen molar-refractivity contribution in [2.75, 3.05) is 29.3 Å². The van der Waals surface area contributed by atoms with Gasteiger partial charge in [-0.15, -0.1) is 0 Å². The van der Waals surface area contributed by atoms with E-state index in [0.717, 1.165) is 48.2 Å². The molecule has 1 saturated carbocycles. The first-order valence-corrected chi connectivity index (χ1v) is 19.5. The standard InChI is InChI=1S/C21H24N8O.C16H14N6OS.C2H5BNO/c22-16-7-1-2-8-17(16)28-21-26-12-15(18(23)30)20(29-21)27-14-6-3-5-13(11-14)19-24-9-4-10-25-19;1-24-16-20-9-12(13(17)23)15(22-16)21-11-5-2-4-10(8-11)14-18-6-3-7-19-14;1-4-3-2-5/h3-6,9-12,16-17H,1-2,7-8,22H2,(H2,23,30)(H2,26,27,28,29);2-9H,1H3,(H2,17,23)(H,20,21,22);2,4H,1H3/t16-,17+;;/m0../s1. The van der Waals surface area contributed by atoms with Gasteiger partial charge in [-0.2, -0.15) is 4.98 Å². The monoisotopic (exact) mass is 812 g/mol. The lowest BCUT2D eigenvalue weighted by molar-refractivity contribution is 0.0992. The average molecular weight is 813 g/mol. The number of benzene rings is 2. The van der Waals surface area contributed by atoms with Crippen LogP contribution in [0.3, 0.4) is 0 Å². The highest BCUT2D eigenvalue weighted by atomic mass is 32.2. The zero-order valence-corrected chi connectivity index (χ0v) is 33.1. The number of nitrogens with zero attached hydrogens (tertiary/aromatic N) is 8. The van der Waals surface area contributed by atoms with Gasteiger partial charge in [-0.3, -0.25) is 9.59 Å². The number of rotatable bonds is 13. The van der Waals surface area contributed by atoms with Crippen LogP contribution in [0.4, 0.5) is 29.0 Å². The molecule has 2 aromatic carbocycles. The van der Waals surface area contributed by atoms with Crippen molar-refractivity contribution >= 4 is 66.1 Å². The van der Waals surface area contributed by atoms with Crippen LogP contribution in [0.1, 0.15) is 46.4 Å². The van der Waals surface area contributed by atoms with Gasteiger partial charge in [0.05, 0.1) is 6.19 Å². The summed E-state index contributed by atoms with van der Waals surface area (Å²) in [5, 5.41) is 12.7. The van der Waals surface area contributed by atoms with Crippen molar-refractivity contribution in [3.63, 3.8) is 0 Å². The van der Waals surface area contributed by atoms with E-state index in [2.05, 4.69) is 61.0 Å². The number of nitrogens with one attached hydrogen (secondary N) is 4. The van der Waals surface area contributed by atoms with E-state index in [0.29, 0.717) is 40.6 Å². The van der Waals surface area contributed by atoms with Gasteiger partial charge < -0.3 is 43.2 Å². The third kappa shape index (κ3) is 12.8. The number of hydrogen-bond donors (Lipinski definition) is 7. The van der Waals surface area contributed by atoms with Gasteiger partial charge in [0.15, 0.2) is 16.8 Å². The summed E-state index contributed by atoms with van der Waals surface area (Å²) in [5.41, 5.74) is 20.7. The van der Waals surface area contributed by atoms with Gasteiger partial charge >= 0.3 is 0 Å². The Bertz CT molecular complexity index is 2310. The number of anilines is 5. The van der Waals surface area contributed by atoms with Crippen LogP contribution in [0.15, 0.2) is 103 Å². The normalized spacial score (nSPS) is 14.2. The van der Waals surface area contributed by atoms with Crippen molar-refractivity contribution in [1.29, 1.82) is 0 Å². The summed E-state index contributed by atoms with van der Waals surface area (Å²) >= 11 is 1.38. The summed E-state index contributed by atoms with van der Waals surface area (Å²) in [5.74, 6) is 1.13. The lowest BCUT2D eigenvalue weighted by Crippen LogP contribution is -2.43. The summed E-state index contributed by atoms with van der Waals surface area (Å²) in [6, 6.07) is 18.7. The van der Waals surface area contributed by atoms with Gasteiger partial charge in [0.1, 0.15) is 22.8 Å². The van der Waals surface area contributed by atoms with Gasteiger partial charge in [-0.25, -0.2) is 34.9 Å². The number of amides is 2. The van der Waals surface area contributed by atoms with Crippen molar-refractivity contribution in [3.8, 4) is 22.8 Å². The van der Waals surface area contributed by atoms with Crippen LogP contribution < -0.4 is 38.4 Å². The molecule has 6 aromatic rings. The van der Waals surface area contributed by atoms with E-state index in [-0.39, 0.29) is 23.2 Å². The molecule has 4 aromatic heterocycles. The highest BCUT2D eigenvalue weighted by Gasteiger charge is 2.23. The predicted octanol–water partition coefficient (Wildman–Crippen LogP) is 3.97. The molecule has 0 aliphatic heterocycles. The van der Waals surface area contributed by atoms with Gasteiger partial charge in [-0.05, 0) is 62.5 Å². The van der Waals surface area contributed by atoms with Crippen LogP contribution in [-0.4, -0.2) is 90.7 Å². The van der Waals surface area contributed by atoms with E-state index in [1.807, 2.05) is 54.8 Å². The summed E-state index contributed by atoms with van der Waals surface area (Å²) in [4.78, 5) is 66.9. The Morgan fingerprint density at radius 1 is 0.746 bits per heavy atom. The summed E-state index contributed by atoms with van der Waals surface area (Å²) in [7, 11) is 2.99. The van der Waals surface area contributed by atoms with E-state index in [1.165, 1.54) is 31.6 Å². The summed E-state index contributed by atoms with van der Waals surface area (Å²) in [6.45, 7) is 0. The second kappa shape index (κ2) is 22.2. The Balaban J connectivity index is 0.000000205. The summed E-state index contributed by atoms with van der Waals surface area (Å²) < 4.78 is 0. The van der Waals surface area contributed by atoms with Gasteiger partial charge in [0.2, 0.25) is 5.95 Å². The SMILES string of the molecule is CN[B]C=O.CSc1ncc(C(N)=O)c(Nc2cccc(-c3ncccn3)c2)n1.NC(=O)c1cnc(N[C@@H]2CCCC[C@@H]2N)nc1Nc1cccc(-c2ncccn2)c1.